The Morgan fingerprint density at radius 2 is 1.71 bits per heavy atom. The predicted molar refractivity (Wildman–Crippen MR) is 96.8 cm³/mol. The Morgan fingerprint density at radius 1 is 1.17 bits per heavy atom. The van der Waals surface area contributed by atoms with Crippen molar-refractivity contribution in [2.24, 2.45) is 5.41 Å². The molecule has 0 bridgehead atoms. The van der Waals surface area contributed by atoms with Gasteiger partial charge in [-0.05, 0) is 44.6 Å². The minimum Gasteiger partial charge on any atom is -0.359 e. The van der Waals surface area contributed by atoms with E-state index in [1.54, 1.807) is 7.05 Å². The number of hydrogen-bond donors (Lipinski definition) is 2. The van der Waals surface area contributed by atoms with Crippen LogP contribution in [0.25, 0.3) is 0 Å². The highest BCUT2D eigenvalue weighted by Gasteiger charge is 2.67. The lowest BCUT2D eigenvalue weighted by atomic mass is 9.85. The predicted octanol–water partition coefficient (Wildman–Crippen LogP) is 3.08. The van der Waals surface area contributed by atoms with E-state index in [4.69, 9.17) is 0 Å². The SMILES string of the molecule is CNC(=O)CCC(C)(C)NC(=O)C1(c2ccc(C)cc2)CC1(C)C. The second kappa shape index (κ2) is 6.23. The van der Waals surface area contributed by atoms with Crippen LogP contribution in [0.2, 0.25) is 0 Å². The van der Waals surface area contributed by atoms with Gasteiger partial charge in [0, 0.05) is 19.0 Å². The molecule has 1 aromatic rings. The first-order valence-electron chi connectivity index (χ1n) is 8.64. The van der Waals surface area contributed by atoms with Crippen molar-refractivity contribution in [2.75, 3.05) is 7.05 Å². The minimum atomic E-state index is -0.467. The number of amides is 2. The molecule has 0 heterocycles. The quantitative estimate of drug-likeness (QED) is 0.842. The van der Waals surface area contributed by atoms with Crippen molar-refractivity contribution in [3.05, 3.63) is 35.4 Å². The van der Waals surface area contributed by atoms with Crippen molar-refractivity contribution in [3.8, 4) is 0 Å². The highest BCUT2D eigenvalue weighted by molar-refractivity contribution is 5.93. The molecule has 0 aliphatic heterocycles. The summed E-state index contributed by atoms with van der Waals surface area (Å²) in [5, 5.41) is 5.81. The van der Waals surface area contributed by atoms with Gasteiger partial charge in [-0.1, -0.05) is 43.7 Å². The molecule has 0 spiro atoms. The van der Waals surface area contributed by atoms with Crippen LogP contribution in [0, 0.1) is 12.3 Å². The maximum atomic E-state index is 13.1. The van der Waals surface area contributed by atoms with Gasteiger partial charge in [0.05, 0.1) is 5.41 Å². The summed E-state index contributed by atoms with van der Waals surface area (Å²) in [4.78, 5) is 24.6. The van der Waals surface area contributed by atoms with Crippen LogP contribution >= 0.6 is 0 Å². The maximum Gasteiger partial charge on any atom is 0.231 e. The Hall–Kier alpha value is -1.84. The minimum absolute atomic E-state index is 0.00248. The zero-order valence-corrected chi connectivity index (χ0v) is 15.7. The summed E-state index contributed by atoms with van der Waals surface area (Å²) in [6.45, 7) is 10.3. The molecule has 4 heteroatoms. The van der Waals surface area contributed by atoms with Crippen molar-refractivity contribution in [1.29, 1.82) is 0 Å². The van der Waals surface area contributed by atoms with Gasteiger partial charge in [0.1, 0.15) is 0 Å². The van der Waals surface area contributed by atoms with Crippen LogP contribution in [-0.4, -0.2) is 24.4 Å². The number of aryl methyl sites for hydroxylation is 1. The first kappa shape index (κ1) is 18.5. The van der Waals surface area contributed by atoms with Crippen LogP contribution in [0.5, 0.6) is 0 Å². The van der Waals surface area contributed by atoms with Crippen molar-refractivity contribution in [2.45, 2.75) is 64.8 Å². The molecule has 1 aromatic carbocycles. The molecule has 2 N–H and O–H groups in total. The summed E-state index contributed by atoms with van der Waals surface area (Å²) in [6.07, 6.45) is 1.87. The fraction of sp³-hybridized carbons (Fsp3) is 0.600. The van der Waals surface area contributed by atoms with Gasteiger partial charge in [-0.3, -0.25) is 9.59 Å². The van der Waals surface area contributed by atoms with Crippen molar-refractivity contribution in [3.63, 3.8) is 0 Å². The van der Waals surface area contributed by atoms with Crippen LogP contribution in [0.15, 0.2) is 24.3 Å². The highest BCUT2D eigenvalue weighted by Crippen LogP contribution is 2.64. The lowest BCUT2D eigenvalue weighted by Gasteiger charge is -2.30. The van der Waals surface area contributed by atoms with Crippen molar-refractivity contribution < 1.29 is 9.59 Å². The summed E-state index contributed by atoms with van der Waals surface area (Å²) >= 11 is 0. The molecule has 1 atom stereocenters. The second-order valence-electron chi connectivity index (χ2n) is 8.34. The first-order valence-corrected chi connectivity index (χ1v) is 8.64. The van der Waals surface area contributed by atoms with Crippen LogP contribution < -0.4 is 10.6 Å². The molecule has 132 valence electrons. The summed E-state index contributed by atoms with van der Waals surface area (Å²) in [5.41, 5.74) is 1.34. The third kappa shape index (κ3) is 3.47. The van der Waals surface area contributed by atoms with E-state index in [-0.39, 0.29) is 17.2 Å². The Morgan fingerprint density at radius 3 is 2.17 bits per heavy atom. The summed E-state index contributed by atoms with van der Waals surface area (Å²) < 4.78 is 0. The van der Waals surface area contributed by atoms with Crippen molar-refractivity contribution in [1.82, 2.24) is 10.6 Å². The molecule has 1 aliphatic carbocycles. The Kier molecular flexibility index (Phi) is 4.80. The van der Waals surface area contributed by atoms with Crippen LogP contribution in [0.1, 0.15) is 58.1 Å². The number of rotatable bonds is 6. The molecule has 2 rings (SSSR count). The number of nitrogens with one attached hydrogen (secondary N) is 2. The molecule has 0 saturated heterocycles. The van der Waals surface area contributed by atoms with E-state index in [0.29, 0.717) is 12.8 Å². The zero-order chi connectivity index (χ0) is 18.2. The molecular formula is C20H30N2O2. The molecule has 24 heavy (non-hydrogen) atoms. The highest BCUT2D eigenvalue weighted by atomic mass is 16.2. The van der Waals surface area contributed by atoms with E-state index in [2.05, 4.69) is 55.7 Å². The van der Waals surface area contributed by atoms with Gasteiger partial charge in [0.15, 0.2) is 0 Å². The number of carbonyl (C=O) groups is 2. The molecule has 1 aliphatic rings. The Balaban J connectivity index is 2.16. The average molecular weight is 330 g/mol. The van der Waals surface area contributed by atoms with E-state index >= 15 is 0 Å². The number of hydrogen-bond acceptors (Lipinski definition) is 2. The molecule has 2 amide bonds. The summed E-state index contributed by atoms with van der Waals surface area (Å²) in [6, 6.07) is 8.27. The van der Waals surface area contributed by atoms with Crippen LogP contribution in [0.4, 0.5) is 0 Å². The lowest BCUT2D eigenvalue weighted by molar-refractivity contribution is -0.127. The topological polar surface area (TPSA) is 58.2 Å². The van der Waals surface area contributed by atoms with Crippen LogP contribution in [0.3, 0.4) is 0 Å². The van der Waals surface area contributed by atoms with Gasteiger partial charge in [-0.2, -0.15) is 0 Å². The monoisotopic (exact) mass is 330 g/mol. The molecular weight excluding hydrogens is 300 g/mol. The molecule has 0 aromatic heterocycles. The van der Waals surface area contributed by atoms with Crippen LogP contribution in [-0.2, 0) is 15.0 Å². The number of benzene rings is 1. The fourth-order valence-electron chi connectivity index (χ4n) is 3.50. The van der Waals surface area contributed by atoms with Gasteiger partial charge < -0.3 is 10.6 Å². The Labute approximate surface area is 145 Å². The zero-order valence-electron chi connectivity index (χ0n) is 15.7. The molecule has 1 fully saturated rings. The lowest BCUT2D eigenvalue weighted by Crippen LogP contribution is -2.49. The summed E-state index contributed by atoms with van der Waals surface area (Å²) in [5.74, 6) is 0.0654. The van der Waals surface area contributed by atoms with E-state index in [0.717, 1.165) is 12.0 Å². The van der Waals surface area contributed by atoms with E-state index < -0.39 is 11.0 Å². The van der Waals surface area contributed by atoms with Gasteiger partial charge >= 0.3 is 0 Å². The van der Waals surface area contributed by atoms with E-state index in [1.807, 2.05) is 13.8 Å². The maximum absolute atomic E-state index is 13.1. The normalized spacial score (nSPS) is 21.9. The average Bonchev–Trinajstić information content (AvgIpc) is 3.09. The number of carbonyl (C=O) groups excluding carboxylic acids is 2. The summed E-state index contributed by atoms with van der Waals surface area (Å²) in [7, 11) is 1.63. The Bertz CT molecular complexity index is 632. The van der Waals surface area contributed by atoms with Gasteiger partial charge in [0.2, 0.25) is 11.8 Å². The van der Waals surface area contributed by atoms with Crippen molar-refractivity contribution >= 4 is 11.8 Å². The standard InChI is InChI=1S/C20H30N2O2/c1-14-7-9-15(10-8-14)20(13-18(20,2)3)17(24)22-19(4,5)12-11-16(23)21-6/h7-10H,11-13H2,1-6H3,(H,21,23)(H,22,24). The molecule has 1 unspecified atom stereocenters. The first-order chi connectivity index (χ1) is 11.0. The van der Waals surface area contributed by atoms with E-state index in [9.17, 15) is 9.59 Å². The van der Waals surface area contributed by atoms with Gasteiger partial charge in [-0.15, -0.1) is 0 Å². The third-order valence-electron chi connectivity index (χ3n) is 5.38. The fourth-order valence-corrected chi connectivity index (χ4v) is 3.50. The van der Waals surface area contributed by atoms with E-state index in [1.165, 1.54) is 5.56 Å². The second-order valence-corrected chi connectivity index (χ2v) is 8.34. The third-order valence-corrected chi connectivity index (χ3v) is 5.38. The molecule has 1 saturated carbocycles. The van der Waals surface area contributed by atoms with Gasteiger partial charge in [-0.25, -0.2) is 0 Å². The molecule has 4 nitrogen and oxygen atoms in total. The van der Waals surface area contributed by atoms with Gasteiger partial charge in [0.25, 0.3) is 0 Å². The largest absolute Gasteiger partial charge is 0.359 e. The molecule has 0 radical (unpaired) electrons. The smallest absolute Gasteiger partial charge is 0.231 e.